The fraction of sp³-hybridized carbons (Fsp3) is 0.800. The van der Waals surface area contributed by atoms with Crippen molar-refractivity contribution in [1.82, 2.24) is 9.78 Å². The van der Waals surface area contributed by atoms with Crippen LogP contribution in [-0.2, 0) is 14.0 Å². The molecular weight excluding hydrogens is 267 g/mol. The molecule has 3 rings (SSSR count). The number of rotatable bonds is 2. The van der Waals surface area contributed by atoms with Crippen LogP contribution in [0.3, 0.4) is 0 Å². The Bertz CT molecular complexity index is 505. The lowest BCUT2D eigenvalue weighted by atomic mass is 9.84. The molecule has 2 saturated heterocycles. The maximum atomic E-state index is 6.16. The molecule has 0 aromatic carbocycles. The minimum atomic E-state index is -0.387. The van der Waals surface area contributed by atoms with Gasteiger partial charge in [-0.15, -0.1) is 0 Å². The zero-order valence-electron chi connectivity index (χ0n) is 13.7. The number of hydrogen-bond donors (Lipinski definition) is 0. The smallest absolute Gasteiger partial charge is 0.398 e. The molecule has 6 heteroatoms. The van der Waals surface area contributed by atoms with Crippen molar-refractivity contribution >= 4 is 12.7 Å². The summed E-state index contributed by atoms with van der Waals surface area (Å²) in [6.07, 6.45) is 3.30. The van der Waals surface area contributed by atoms with Crippen LogP contribution in [-0.4, -0.2) is 34.7 Å². The van der Waals surface area contributed by atoms with E-state index in [-0.39, 0.29) is 24.5 Å². The second-order valence-electron chi connectivity index (χ2n) is 7.06. The second-order valence-corrected chi connectivity index (χ2v) is 7.06. The third-order valence-electron chi connectivity index (χ3n) is 4.81. The number of hydrogen-bond acceptors (Lipinski definition) is 4. The highest BCUT2D eigenvalue weighted by atomic mass is 16.7. The van der Waals surface area contributed by atoms with Gasteiger partial charge in [-0.25, -0.2) is 4.68 Å². The lowest BCUT2D eigenvalue weighted by Crippen LogP contribution is -2.42. The number of aromatic nitrogens is 2. The van der Waals surface area contributed by atoms with E-state index >= 15 is 0 Å². The summed E-state index contributed by atoms with van der Waals surface area (Å²) in [6.45, 7) is 11.1. The predicted molar refractivity (Wildman–Crippen MR) is 81.5 cm³/mol. The van der Waals surface area contributed by atoms with Crippen LogP contribution in [0.2, 0.25) is 0 Å². The van der Waals surface area contributed by atoms with Gasteiger partial charge in [0, 0.05) is 6.61 Å². The van der Waals surface area contributed by atoms with Crippen molar-refractivity contribution in [2.75, 3.05) is 6.61 Å². The number of aryl methyl sites for hydroxylation is 1. The van der Waals surface area contributed by atoms with Gasteiger partial charge in [0.1, 0.15) is 6.23 Å². The van der Waals surface area contributed by atoms with Gasteiger partial charge < -0.3 is 14.0 Å². The van der Waals surface area contributed by atoms with Crippen LogP contribution in [0.5, 0.6) is 0 Å². The van der Waals surface area contributed by atoms with Crippen LogP contribution in [0.25, 0.3) is 0 Å². The van der Waals surface area contributed by atoms with E-state index in [9.17, 15) is 0 Å². The van der Waals surface area contributed by atoms with E-state index in [1.165, 1.54) is 6.42 Å². The minimum Gasteiger partial charge on any atom is -0.398 e. The van der Waals surface area contributed by atoms with Gasteiger partial charge in [0.15, 0.2) is 0 Å². The topological polar surface area (TPSA) is 45.5 Å². The molecule has 0 bridgehead atoms. The largest absolute Gasteiger partial charge is 0.514 e. The summed E-state index contributed by atoms with van der Waals surface area (Å²) in [5.41, 5.74) is 1.24. The van der Waals surface area contributed by atoms with E-state index in [0.29, 0.717) is 0 Å². The highest BCUT2D eigenvalue weighted by molar-refractivity contribution is 6.61. The molecular formula is C15H25BN2O3. The molecule has 0 radical (unpaired) electrons. The predicted octanol–water partition coefficient (Wildman–Crippen LogP) is 2.19. The molecule has 1 aromatic rings. The Morgan fingerprint density at radius 2 is 1.86 bits per heavy atom. The first kappa shape index (κ1) is 15.1. The third kappa shape index (κ3) is 2.65. The van der Waals surface area contributed by atoms with Gasteiger partial charge in [-0.05, 0) is 59.9 Å². The maximum Gasteiger partial charge on any atom is 0.514 e. The highest BCUT2D eigenvalue weighted by Crippen LogP contribution is 2.36. The first-order valence-corrected chi connectivity index (χ1v) is 7.83. The SMILES string of the molecule is Cc1cc(B2OC(C)(C)C(C)(C)O2)n([C@H]2CCCCO2)n1. The number of ether oxygens (including phenoxy) is 1. The Kier molecular flexibility index (Phi) is 3.67. The first-order chi connectivity index (χ1) is 9.80. The van der Waals surface area contributed by atoms with Gasteiger partial charge in [-0.1, -0.05) is 0 Å². The van der Waals surface area contributed by atoms with E-state index in [2.05, 4.69) is 32.8 Å². The van der Waals surface area contributed by atoms with Gasteiger partial charge in [-0.3, -0.25) is 0 Å². The lowest BCUT2D eigenvalue weighted by molar-refractivity contribution is -0.0381. The Morgan fingerprint density at radius 1 is 1.19 bits per heavy atom. The van der Waals surface area contributed by atoms with Crippen molar-refractivity contribution in [2.45, 2.75) is 71.3 Å². The fourth-order valence-electron chi connectivity index (χ4n) is 2.82. The Hall–Kier alpha value is -0.845. The van der Waals surface area contributed by atoms with Gasteiger partial charge in [0.05, 0.1) is 22.5 Å². The van der Waals surface area contributed by atoms with Gasteiger partial charge in [0.2, 0.25) is 0 Å². The zero-order valence-corrected chi connectivity index (χ0v) is 13.7. The molecule has 0 aliphatic carbocycles. The molecule has 21 heavy (non-hydrogen) atoms. The van der Waals surface area contributed by atoms with Gasteiger partial charge in [0.25, 0.3) is 0 Å². The summed E-state index contributed by atoms with van der Waals surface area (Å²) >= 11 is 0. The molecule has 0 N–H and O–H groups in total. The van der Waals surface area contributed by atoms with Gasteiger partial charge in [-0.2, -0.15) is 5.10 Å². The average Bonchev–Trinajstić information content (AvgIpc) is 2.89. The summed E-state index contributed by atoms with van der Waals surface area (Å²) in [5, 5.41) is 4.61. The minimum absolute atomic E-state index is 0.00137. The van der Waals surface area contributed by atoms with Crippen LogP contribution in [0, 0.1) is 6.92 Å². The molecule has 2 aliphatic rings. The molecule has 3 heterocycles. The van der Waals surface area contributed by atoms with E-state index in [0.717, 1.165) is 30.7 Å². The van der Waals surface area contributed by atoms with Crippen LogP contribution in [0.15, 0.2) is 6.07 Å². The monoisotopic (exact) mass is 292 g/mol. The molecule has 2 aliphatic heterocycles. The maximum absolute atomic E-state index is 6.16. The highest BCUT2D eigenvalue weighted by Gasteiger charge is 2.53. The average molecular weight is 292 g/mol. The summed E-state index contributed by atoms with van der Waals surface area (Å²) in [7, 11) is -0.387. The quantitative estimate of drug-likeness (QED) is 0.784. The van der Waals surface area contributed by atoms with Crippen LogP contribution in [0.1, 0.15) is 58.9 Å². The second kappa shape index (κ2) is 5.11. The summed E-state index contributed by atoms with van der Waals surface area (Å²) in [6, 6.07) is 2.04. The van der Waals surface area contributed by atoms with E-state index in [1.807, 2.05) is 17.7 Å². The van der Waals surface area contributed by atoms with Crippen LogP contribution in [0.4, 0.5) is 0 Å². The van der Waals surface area contributed by atoms with E-state index in [1.54, 1.807) is 0 Å². The van der Waals surface area contributed by atoms with Crippen molar-refractivity contribution in [3.63, 3.8) is 0 Å². The van der Waals surface area contributed by atoms with Crippen molar-refractivity contribution in [2.24, 2.45) is 0 Å². The lowest BCUT2D eigenvalue weighted by Gasteiger charge is -2.32. The van der Waals surface area contributed by atoms with Crippen molar-refractivity contribution in [1.29, 1.82) is 0 Å². The molecule has 5 nitrogen and oxygen atoms in total. The van der Waals surface area contributed by atoms with Gasteiger partial charge >= 0.3 is 7.12 Å². The Balaban J connectivity index is 1.89. The molecule has 0 spiro atoms. The number of nitrogens with zero attached hydrogens (tertiary/aromatic N) is 2. The van der Waals surface area contributed by atoms with Crippen LogP contribution >= 0.6 is 0 Å². The molecule has 1 aromatic heterocycles. The third-order valence-corrected chi connectivity index (χ3v) is 4.81. The fourth-order valence-corrected chi connectivity index (χ4v) is 2.82. The van der Waals surface area contributed by atoms with Crippen molar-refractivity contribution in [3.05, 3.63) is 11.8 Å². The van der Waals surface area contributed by atoms with E-state index in [4.69, 9.17) is 14.0 Å². The molecule has 116 valence electrons. The molecule has 1 atom stereocenters. The zero-order chi connectivity index (χ0) is 15.3. The van der Waals surface area contributed by atoms with Crippen LogP contribution < -0.4 is 5.59 Å². The first-order valence-electron chi connectivity index (χ1n) is 7.83. The molecule has 0 amide bonds. The summed E-state index contributed by atoms with van der Waals surface area (Å²) in [5.74, 6) is 0. The van der Waals surface area contributed by atoms with Crippen molar-refractivity contribution in [3.8, 4) is 0 Å². The molecule has 0 unspecified atom stereocenters. The standard InChI is InChI=1S/C15H25BN2O3/c1-11-10-12(16-20-14(2,3)15(4,5)21-16)18(17-11)13-8-6-7-9-19-13/h10,13H,6-9H2,1-5H3/t13-/m1/s1. The normalized spacial score (nSPS) is 28.0. The Morgan fingerprint density at radius 3 is 2.43 bits per heavy atom. The van der Waals surface area contributed by atoms with E-state index < -0.39 is 0 Å². The summed E-state index contributed by atoms with van der Waals surface area (Å²) < 4.78 is 20.1. The molecule has 0 saturated carbocycles. The summed E-state index contributed by atoms with van der Waals surface area (Å²) in [4.78, 5) is 0. The molecule has 2 fully saturated rings. The van der Waals surface area contributed by atoms with Crippen molar-refractivity contribution < 1.29 is 14.0 Å². The Labute approximate surface area is 127 Å².